The molecule has 0 atom stereocenters. The number of carbonyl (C=O) groups is 1. The molecule has 0 aliphatic carbocycles. The Hall–Kier alpha value is -2.09. The minimum atomic E-state index is -3.70. The van der Waals surface area contributed by atoms with E-state index in [1.165, 1.54) is 41.4 Å². The standard InChI is InChI=1S/C24H30ClN3O3S/c1-26(18-19-7-10-21(11-8-19)27-13-3-2-4-14-27)24(29)20-9-12-22(25)23(17-20)32(30,31)28-15-5-6-16-28/h7-12,17H,2-6,13-16,18H2,1H3. The first-order valence-corrected chi connectivity index (χ1v) is 13.1. The van der Waals surface area contributed by atoms with E-state index >= 15 is 0 Å². The number of sulfonamides is 1. The van der Waals surface area contributed by atoms with Gasteiger partial charge in [0.2, 0.25) is 10.0 Å². The highest BCUT2D eigenvalue weighted by Gasteiger charge is 2.30. The maximum absolute atomic E-state index is 13.0. The predicted octanol–water partition coefficient (Wildman–Crippen LogP) is 4.39. The predicted molar refractivity (Wildman–Crippen MR) is 128 cm³/mol. The molecule has 2 aliphatic heterocycles. The van der Waals surface area contributed by atoms with Crippen molar-refractivity contribution in [3.8, 4) is 0 Å². The van der Waals surface area contributed by atoms with Gasteiger partial charge in [-0.1, -0.05) is 23.7 Å². The Morgan fingerprint density at radius 2 is 1.56 bits per heavy atom. The largest absolute Gasteiger partial charge is 0.372 e. The average molecular weight is 476 g/mol. The Balaban J connectivity index is 1.47. The Morgan fingerprint density at radius 3 is 2.22 bits per heavy atom. The topological polar surface area (TPSA) is 60.9 Å². The summed E-state index contributed by atoms with van der Waals surface area (Å²) < 4.78 is 27.4. The van der Waals surface area contributed by atoms with E-state index in [1.54, 1.807) is 18.0 Å². The van der Waals surface area contributed by atoms with Gasteiger partial charge in [-0.2, -0.15) is 4.31 Å². The van der Waals surface area contributed by atoms with Crippen molar-refractivity contribution in [1.29, 1.82) is 0 Å². The molecule has 32 heavy (non-hydrogen) atoms. The maximum Gasteiger partial charge on any atom is 0.253 e. The summed E-state index contributed by atoms with van der Waals surface area (Å²) in [4.78, 5) is 17.1. The van der Waals surface area contributed by atoms with Crippen molar-refractivity contribution in [2.24, 2.45) is 0 Å². The summed E-state index contributed by atoms with van der Waals surface area (Å²) in [7, 11) is -1.97. The summed E-state index contributed by atoms with van der Waals surface area (Å²) in [6.45, 7) is 3.61. The molecule has 6 nitrogen and oxygen atoms in total. The van der Waals surface area contributed by atoms with Crippen LogP contribution < -0.4 is 4.90 Å². The summed E-state index contributed by atoms with van der Waals surface area (Å²) >= 11 is 6.22. The number of anilines is 1. The van der Waals surface area contributed by atoms with Crippen LogP contribution in [0.5, 0.6) is 0 Å². The monoisotopic (exact) mass is 475 g/mol. The van der Waals surface area contributed by atoms with E-state index in [2.05, 4.69) is 29.2 Å². The summed E-state index contributed by atoms with van der Waals surface area (Å²) in [5.74, 6) is -0.236. The first-order valence-electron chi connectivity index (χ1n) is 11.3. The fourth-order valence-electron chi connectivity index (χ4n) is 4.43. The molecule has 0 saturated carbocycles. The molecule has 4 rings (SSSR count). The zero-order chi connectivity index (χ0) is 22.7. The van der Waals surface area contributed by atoms with Crippen LogP contribution in [0, 0.1) is 0 Å². The second-order valence-electron chi connectivity index (χ2n) is 8.63. The van der Waals surface area contributed by atoms with Gasteiger partial charge in [-0.3, -0.25) is 4.79 Å². The maximum atomic E-state index is 13.0. The van der Waals surface area contributed by atoms with Crippen LogP contribution in [0.15, 0.2) is 47.4 Å². The molecule has 0 spiro atoms. The third-order valence-electron chi connectivity index (χ3n) is 6.29. The second kappa shape index (κ2) is 9.81. The smallest absolute Gasteiger partial charge is 0.253 e. The van der Waals surface area contributed by atoms with Gasteiger partial charge in [0.05, 0.1) is 5.02 Å². The highest BCUT2D eigenvalue weighted by atomic mass is 35.5. The van der Waals surface area contributed by atoms with E-state index < -0.39 is 10.0 Å². The molecule has 0 radical (unpaired) electrons. The van der Waals surface area contributed by atoms with Crippen LogP contribution in [0.25, 0.3) is 0 Å². The lowest BCUT2D eigenvalue weighted by atomic mass is 10.1. The molecular formula is C24H30ClN3O3S. The summed E-state index contributed by atoms with van der Waals surface area (Å²) in [5, 5.41) is 0.143. The number of nitrogens with zero attached hydrogens (tertiary/aromatic N) is 3. The fraction of sp³-hybridized carbons (Fsp3) is 0.458. The van der Waals surface area contributed by atoms with Gasteiger partial charge in [-0.25, -0.2) is 8.42 Å². The van der Waals surface area contributed by atoms with Crippen molar-refractivity contribution in [3.05, 3.63) is 58.6 Å². The Kier molecular flexibility index (Phi) is 7.08. The number of halogens is 1. The molecule has 2 aromatic rings. The number of rotatable bonds is 6. The number of piperidine rings is 1. The zero-order valence-electron chi connectivity index (χ0n) is 18.5. The molecule has 0 aromatic heterocycles. The SMILES string of the molecule is CN(Cc1ccc(N2CCCCC2)cc1)C(=O)c1ccc(Cl)c(S(=O)(=O)N2CCCC2)c1. The van der Waals surface area contributed by atoms with Crippen LogP contribution in [-0.4, -0.2) is 56.8 Å². The molecule has 8 heteroatoms. The molecular weight excluding hydrogens is 446 g/mol. The van der Waals surface area contributed by atoms with Gasteiger partial charge >= 0.3 is 0 Å². The van der Waals surface area contributed by atoms with Gasteiger partial charge in [0, 0.05) is 51.0 Å². The molecule has 0 N–H and O–H groups in total. The average Bonchev–Trinajstić information content (AvgIpc) is 3.36. The van der Waals surface area contributed by atoms with E-state index in [4.69, 9.17) is 11.6 Å². The van der Waals surface area contributed by atoms with Crippen LogP contribution in [0.1, 0.15) is 48.0 Å². The molecule has 2 heterocycles. The molecule has 0 unspecified atom stereocenters. The van der Waals surface area contributed by atoms with Crippen LogP contribution in [0.4, 0.5) is 5.69 Å². The molecule has 172 valence electrons. The lowest BCUT2D eigenvalue weighted by Gasteiger charge is -2.29. The van der Waals surface area contributed by atoms with Crippen LogP contribution in [0.3, 0.4) is 0 Å². The third-order valence-corrected chi connectivity index (χ3v) is 8.67. The van der Waals surface area contributed by atoms with Gasteiger partial charge in [-0.05, 0) is 68.0 Å². The van der Waals surface area contributed by atoms with Crippen molar-refractivity contribution in [3.63, 3.8) is 0 Å². The minimum absolute atomic E-state index is 0.00574. The number of carbonyl (C=O) groups excluding carboxylic acids is 1. The van der Waals surface area contributed by atoms with Gasteiger partial charge in [0.1, 0.15) is 4.90 Å². The van der Waals surface area contributed by atoms with E-state index in [1.807, 2.05) is 0 Å². The highest BCUT2D eigenvalue weighted by molar-refractivity contribution is 7.89. The van der Waals surface area contributed by atoms with E-state index in [9.17, 15) is 13.2 Å². The van der Waals surface area contributed by atoms with Crippen LogP contribution in [0.2, 0.25) is 5.02 Å². The Morgan fingerprint density at radius 1 is 0.938 bits per heavy atom. The molecule has 0 bridgehead atoms. The fourth-order valence-corrected chi connectivity index (χ4v) is 6.45. The summed E-state index contributed by atoms with van der Waals surface area (Å²) in [6.07, 6.45) is 5.45. The van der Waals surface area contributed by atoms with Crippen molar-refractivity contribution >= 4 is 33.2 Å². The molecule has 2 aliphatic rings. The quantitative estimate of drug-likeness (QED) is 0.621. The Bertz CT molecular complexity index is 1060. The van der Waals surface area contributed by atoms with Crippen molar-refractivity contribution < 1.29 is 13.2 Å². The van der Waals surface area contributed by atoms with Crippen molar-refractivity contribution in [2.75, 3.05) is 38.1 Å². The number of hydrogen-bond acceptors (Lipinski definition) is 4. The Labute approximate surface area is 195 Å². The van der Waals surface area contributed by atoms with Gasteiger partial charge in [0.25, 0.3) is 5.91 Å². The number of hydrogen-bond donors (Lipinski definition) is 0. The highest BCUT2D eigenvalue weighted by Crippen LogP contribution is 2.29. The third kappa shape index (κ3) is 4.95. The lowest BCUT2D eigenvalue weighted by Crippen LogP contribution is -2.30. The number of amides is 1. The number of benzene rings is 2. The van der Waals surface area contributed by atoms with Gasteiger partial charge < -0.3 is 9.80 Å². The summed E-state index contributed by atoms with van der Waals surface area (Å²) in [6, 6.07) is 12.8. The van der Waals surface area contributed by atoms with Gasteiger partial charge in [-0.15, -0.1) is 0 Å². The van der Waals surface area contributed by atoms with E-state index in [0.29, 0.717) is 25.2 Å². The normalized spacial score (nSPS) is 17.5. The van der Waals surface area contributed by atoms with Crippen molar-refractivity contribution in [2.45, 2.75) is 43.5 Å². The minimum Gasteiger partial charge on any atom is -0.372 e. The van der Waals surface area contributed by atoms with Gasteiger partial charge in [0.15, 0.2) is 0 Å². The van der Waals surface area contributed by atoms with Crippen molar-refractivity contribution in [1.82, 2.24) is 9.21 Å². The van der Waals surface area contributed by atoms with E-state index in [-0.39, 0.29) is 15.8 Å². The lowest BCUT2D eigenvalue weighted by molar-refractivity contribution is 0.0785. The van der Waals surface area contributed by atoms with Crippen LogP contribution in [-0.2, 0) is 16.6 Å². The summed E-state index contributed by atoms with van der Waals surface area (Å²) in [5.41, 5.74) is 2.57. The molecule has 2 saturated heterocycles. The molecule has 2 fully saturated rings. The second-order valence-corrected chi connectivity index (χ2v) is 10.9. The first kappa shape index (κ1) is 23.1. The van der Waals surface area contributed by atoms with Crippen LogP contribution >= 0.6 is 11.6 Å². The zero-order valence-corrected chi connectivity index (χ0v) is 20.0. The molecule has 2 aromatic carbocycles. The van der Waals surface area contributed by atoms with E-state index in [0.717, 1.165) is 31.5 Å². The molecule has 1 amide bonds. The first-order chi connectivity index (χ1) is 15.4.